The minimum atomic E-state index is 1.31. The van der Waals surface area contributed by atoms with Gasteiger partial charge >= 0.3 is 0 Å². The van der Waals surface area contributed by atoms with Crippen molar-refractivity contribution in [2.45, 2.75) is 0 Å². The Bertz CT molecular complexity index is 340. The molecular weight excluding hydrogens is 150 g/mol. The van der Waals surface area contributed by atoms with Crippen LogP contribution in [0, 0.1) is 0 Å². The molecule has 60 valence electrons. The first-order valence-electron chi connectivity index (χ1n) is 4.70. The van der Waals surface area contributed by atoms with Crippen LogP contribution < -0.4 is 27.3 Å². The summed E-state index contributed by atoms with van der Waals surface area (Å²) in [7, 11) is 10.9. The Kier molecular flexibility index (Phi) is 2.85. The predicted octanol–water partition coefficient (Wildman–Crippen LogP) is -6.38. The third-order valence-electron chi connectivity index (χ3n) is 3.26. The van der Waals surface area contributed by atoms with E-state index < -0.39 is 0 Å². The van der Waals surface area contributed by atoms with E-state index in [4.69, 9.17) is 0 Å². The van der Waals surface area contributed by atoms with E-state index >= 15 is 0 Å². The monoisotopic (exact) mass is 164 g/mol. The van der Waals surface area contributed by atoms with E-state index in [1.807, 2.05) is 6.08 Å². The van der Waals surface area contributed by atoms with Crippen LogP contribution in [0.3, 0.4) is 0 Å². The summed E-state index contributed by atoms with van der Waals surface area (Å²) in [4.78, 5) is 0. The van der Waals surface area contributed by atoms with Gasteiger partial charge < -0.3 is 0 Å². The maximum absolute atomic E-state index is 3.86. The lowest BCUT2D eigenvalue weighted by atomic mass is 9.60. The standard InChI is InChI=1S/C8H13B5/c1-2-3-4(9)6(11)8(13)7(12)5(3)10/h2H,1,9-13H2. The van der Waals surface area contributed by atoms with Gasteiger partial charge in [0.1, 0.15) is 39.2 Å². The van der Waals surface area contributed by atoms with Crippen molar-refractivity contribution in [1.29, 1.82) is 0 Å². The van der Waals surface area contributed by atoms with E-state index in [1.54, 1.807) is 0 Å². The number of rotatable bonds is 1. The highest BCUT2D eigenvalue weighted by Crippen LogP contribution is 1.86. The van der Waals surface area contributed by atoms with Gasteiger partial charge in [-0.1, -0.05) is 23.6 Å². The molecule has 0 radical (unpaired) electrons. The molecule has 0 atom stereocenters. The highest BCUT2D eigenvalue weighted by atomic mass is 14.0. The molecule has 0 N–H and O–H groups in total. The van der Waals surface area contributed by atoms with Crippen LogP contribution in [0.2, 0.25) is 0 Å². The minimum absolute atomic E-state index is 1.31. The van der Waals surface area contributed by atoms with Gasteiger partial charge in [-0.25, -0.2) is 0 Å². The molecule has 1 aromatic rings. The molecule has 0 aliphatic carbocycles. The topological polar surface area (TPSA) is 0 Å². The summed E-state index contributed by atoms with van der Waals surface area (Å²) in [5.41, 5.74) is 8.27. The van der Waals surface area contributed by atoms with Crippen molar-refractivity contribution in [1.82, 2.24) is 0 Å². The average Bonchev–Trinajstić information content (AvgIpc) is 2.13. The van der Waals surface area contributed by atoms with Gasteiger partial charge in [0.2, 0.25) is 0 Å². The molecule has 0 aliphatic heterocycles. The maximum Gasteiger partial charge on any atom is 0.139 e. The van der Waals surface area contributed by atoms with Gasteiger partial charge in [-0.05, 0) is 5.56 Å². The van der Waals surface area contributed by atoms with Crippen molar-refractivity contribution in [3.63, 3.8) is 0 Å². The highest BCUT2D eigenvalue weighted by Gasteiger charge is 2.07. The second kappa shape index (κ2) is 3.57. The Labute approximate surface area is 85.2 Å². The Morgan fingerprint density at radius 2 is 1.00 bits per heavy atom. The predicted molar refractivity (Wildman–Crippen MR) is 77.4 cm³/mol. The molecule has 0 saturated heterocycles. The lowest BCUT2D eigenvalue weighted by molar-refractivity contribution is 1.94. The largest absolute Gasteiger partial charge is 0.139 e. The van der Waals surface area contributed by atoms with Crippen LogP contribution in [0.15, 0.2) is 6.58 Å². The third-order valence-corrected chi connectivity index (χ3v) is 3.26. The van der Waals surface area contributed by atoms with Crippen molar-refractivity contribution >= 4 is 72.6 Å². The zero-order valence-corrected chi connectivity index (χ0v) is 9.28. The summed E-state index contributed by atoms with van der Waals surface area (Å²) >= 11 is 0. The van der Waals surface area contributed by atoms with Crippen molar-refractivity contribution < 1.29 is 0 Å². The summed E-state index contributed by atoms with van der Waals surface area (Å²) in [6, 6.07) is 0. The summed E-state index contributed by atoms with van der Waals surface area (Å²) in [6.45, 7) is 3.86. The molecule has 1 rings (SSSR count). The fourth-order valence-corrected chi connectivity index (χ4v) is 1.84. The quantitative estimate of drug-likeness (QED) is 0.361. The van der Waals surface area contributed by atoms with Gasteiger partial charge in [-0.2, -0.15) is 0 Å². The van der Waals surface area contributed by atoms with Gasteiger partial charge in [-0.15, -0.1) is 16.4 Å². The Balaban J connectivity index is 3.66. The molecule has 0 unspecified atom stereocenters. The number of hydrogen-bond acceptors (Lipinski definition) is 0. The average molecular weight is 163 g/mol. The van der Waals surface area contributed by atoms with Crippen LogP contribution in [0.5, 0.6) is 0 Å². The van der Waals surface area contributed by atoms with Crippen LogP contribution >= 0.6 is 0 Å². The zero-order chi connectivity index (χ0) is 10.2. The van der Waals surface area contributed by atoms with E-state index in [0.717, 1.165) is 0 Å². The molecule has 0 fully saturated rings. The first-order valence-corrected chi connectivity index (χ1v) is 4.70. The molecular formula is C8H13B5. The lowest BCUT2D eigenvalue weighted by Gasteiger charge is -2.17. The fraction of sp³-hybridized carbons (Fsp3) is 0. The third kappa shape index (κ3) is 1.52. The summed E-state index contributed by atoms with van der Waals surface area (Å²) in [5, 5.41) is 0. The second-order valence-electron chi connectivity index (χ2n) is 3.74. The van der Waals surface area contributed by atoms with Gasteiger partial charge in [0, 0.05) is 0 Å². The molecule has 0 bridgehead atoms. The zero-order valence-electron chi connectivity index (χ0n) is 9.28. The fourth-order valence-electron chi connectivity index (χ4n) is 1.84. The first-order chi connectivity index (χ1) is 6.00. The second-order valence-corrected chi connectivity index (χ2v) is 3.74. The number of benzene rings is 1. The summed E-state index contributed by atoms with van der Waals surface area (Å²) in [6.07, 6.45) is 1.96. The normalized spacial score (nSPS) is 9.85. The number of hydrogen-bond donors (Lipinski definition) is 0. The lowest BCUT2D eigenvalue weighted by Crippen LogP contribution is -2.55. The summed E-state index contributed by atoms with van der Waals surface area (Å²) < 4.78 is 0. The van der Waals surface area contributed by atoms with Crippen molar-refractivity contribution in [3.05, 3.63) is 12.1 Å². The smallest absolute Gasteiger partial charge is 0.102 e. The highest BCUT2D eigenvalue weighted by molar-refractivity contribution is 6.67. The molecule has 13 heavy (non-hydrogen) atoms. The van der Waals surface area contributed by atoms with Crippen molar-refractivity contribution in [3.8, 4) is 0 Å². The van der Waals surface area contributed by atoms with E-state index in [-0.39, 0.29) is 0 Å². The minimum Gasteiger partial charge on any atom is -0.102 e. The molecule has 0 saturated carbocycles. The van der Waals surface area contributed by atoms with Crippen LogP contribution in [0.4, 0.5) is 0 Å². The van der Waals surface area contributed by atoms with Crippen LogP contribution in [-0.4, -0.2) is 39.2 Å². The van der Waals surface area contributed by atoms with Gasteiger partial charge in [0.15, 0.2) is 0 Å². The van der Waals surface area contributed by atoms with Crippen LogP contribution in [0.1, 0.15) is 5.56 Å². The molecule has 5 heteroatoms. The van der Waals surface area contributed by atoms with Gasteiger partial charge in [-0.3, -0.25) is 0 Å². The van der Waals surface area contributed by atoms with E-state index in [1.165, 1.54) is 32.9 Å². The van der Waals surface area contributed by atoms with Crippen LogP contribution in [-0.2, 0) is 0 Å². The first kappa shape index (κ1) is 10.4. The molecule has 0 heterocycles. The van der Waals surface area contributed by atoms with E-state index in [9.17, 15) is 0 Å². The van der Waals surface area contributed by atoms with Crippen molar-refractivity contribution in [2.24, 2.45) is 0 Å². The molecule has 0 aromatic heterocycles. The van der Waals surface area contributed by atoms with E-state index in [0.29, 0.717) is 0 Å². The Hall–Kier alpha value is -0.715. The molecule has 0 aliphatic rings. The van der Waals surface area contributed by atoms with Crippen molar-refractivity contribution in [2.75, 3.05) is 0 Å². The molecule has 1 aromatic carbocycles. The summed E-state index contributed by atoms with van der Waals surface area (Å²) in [5.74, 6) is 0. The molecule has 0 spiro atoms. The van der Waals surface area contributed by atoms with Crippen LogP contribution in [0.25, 0.3) is 6.08 Å². The Morgan fingerprint density at radius 3 is 1.31 bits per heavy atom. The Morgan fingerprint density at radius 1 is 0.692 bits per heavy atom. The van der Waals surface area contributed by atoms with Gasteiger partial charge in [0.25, 0.3) is 0 Å². The van der Waals surface area contributed by atoms with E-state index in [2.05, 4.69) is 45.8 Å². The molecule has 0 nitrogen and oxygen atoms in total. The van der Waals surface area contributed by atoms with Gasteiger partial charge in [0.05, 0.1) is 0 Å². The molecule has 0 amide bonds. The SMILES string of the molecule is Bc1c(B)c(B)c(C=C)c(B)c1B. The maximum atomic E-state index is 3.86.